The molecular weight excluding hydrogens is 246 g/mol. The molecule has 1 aromatic heterocycles. The molecule has 1 fully saturated rings. The molecule has 0 atom stereocenters. The molecule has 1 N–H and O–H groups in total. The zero-order valence-corrected chi connectivity index (χ0v) is 11.4. The van der Waals surface area contributed by atoms with Gasteiger partial charge in [-0.15, -0.1) is 0 Å². The van der Waals surface area contributed by atoms with Gasteiger partial charge in [-0.1, -0.05) is 23.7 Å². The van der Waals surface area contributed by atoms with Gasteiger partial charge in [0.1, 0.15) is 0 Å². The molecule has 2 aromatic rings. The number of fused-ring (bicyclic) bond motifs is 1. The lowest BCUT2D eigenvalue weighted by atomic mass is 10.1. The summed E-state index contributed by atoms with van der Waals surface area (Å²) in [5.74, 6) is 0. The molecule has 1 aromatic carbocycles. The van der Waals surface area contributed by atoms with Crippen LogP contribution in [0.15, 0.2) is 24.4 Å². The third-order valence-corrected chi connectivity index (χ3v) is 4.03. The average Bonchev–Trinajstić information content (AvgIpc) is 2.75. The van der Waals surface area contributed by atoms with Gasteiger partial charge in [0.2, 0.25) is 0 Å². The lowest BCUT2D eigenvalue weighted by molar-refractivity contribution is 0.148. The van der Waals surface area contributed by atoms with E-state index in [-0.39, 0.29) is 0 Å². The Morgan fingerprint density at radius 2 is 2.00 bits per heavy atom. The Balaban J connectivity index is 1.84. The van der Waals surface area contributed by atoms with Crippen LogP contribution in [0.2, 0.25) is 5.02 Å². The third kappa shape index (κ3) is 2.26. The zero-order chi connectivity index (χ0) is 12.5. The Labute approximate surface area is 112 Å². The number of halogens is 1. The first kappa shape index (κ1) is 12.0. The van der Waals surface area contributed by atoms with E-state index < -0.39 is 0 Å². The van der Waals surface area contributed by atoms with Crippen molar-refractivity contribution in [3.8, 4) is 0 Å². The molecule has 18 heavy (non-hydrogen) atoms. The standard InChI is InChI=1S/C14H18ClN3/c1-17-5-7-18(8-6-17)10-11-3-2-4-13-14(11)12(15)9-16-13/h2-4,9,16H,5-8,10H2,1H3. The predicted octanol–water partition coefficient (Wildman–Crippen LogP) is 2.57. The van der Waals surface area contributed by atoms with Crippen LogP contribution >= 0.6 is 11.6 Å². The van der Waals surface area contributed by atoms with E-state index in [9.17, 15) is 0 Å². The summed E-state index contributed by atoms with van der Waals surface area (Å²) in [7, 11) is 2.18. The smallest absolute Gasteiger partial charge is 0.0662 e. The van der Waals surface area contributed by atoms with E-state index in [1.165, 1.54) is 10.9 Å². The number of piperazine rings is 1. The van der Waals surface area contributed by atoms with Crippen LogP contribution in [0.5, 0.6) is 0 Å². The molecule has 0 spiro atoms. The van der Waals surface area contributed by atoms with Crippen LogP contribution in [0, 0.1) is 0 Å². The molecule has 0 aliphatic carbocycles. The minimum atomic E-state index is 0.828. The van der Waals surface area contributed by atoms with Crippen LogP contribution < -0.4 is 0 Å². The molecule has 3 nitrogen and oxygen atoms in total. The van der Waals surface area contributed by atoms with Crippen LogP contribution in [0.25, 0.3) is 10.9 Å². The van der Waals surface area contributed by atoms with E-state index in [0.717, 1.165) is 43.3 Å². The fraction of sp³-hybridized carbons (Fsp3) is 0.429. The van der Waals surface area contributed by atoms with Crippen molar-refractivity contribution in [2.45, 2.75) is 6.54 Å². The highest BCUT2D eigenvalue weighted by molar-refractivity contribution is 6.35. The molecule has 4 heteroatoms. The minimum Gasteiger partial charge on any atom is -0.360 e. The van der Waals surface area contributed by atoms with Gasteiger partial charge < -0.3 is 9.88 Å². The van der Waals surface area contributed by atoms with Gasteiger partial charge in [0.05, 0.1) is 5.02 Å². The number of aromatic nitrogens is 1. The van der Waals surface area contributed by atoms with Crippen molar-refractivity contribution in [2.24, 2.45) is 0 Å². The maximum Gasteiger partial charge on any atom is 0.0662 e. The third-order valence-electron chi connectivity index (χ3n) is 3.73. The molecule has 1 aliphatic heterocycles. The molecule has 1 saturated heterocycles. The van der Waals surface area contributed by atoms with Gasteiger partial charge in [-0.05, 0) is 18.7 Å². The van der Waals surface area contributed by atoms with Crippen LogP contribution in [-0.2, 0) is 6.54 Å². The van der Waals surface area contributed by atoms with Gasteiger partial charge in [0, 0.05) is 49.8 Å². The van der Waals surface area contributed by atoms with Gasteiger partial charge in [-0.25, -0.2) is 0 Å². The number of nitrogens with zero attached hydrogens (tertiary/aromatic N) is 2. The van der Waals surface area contributed by atoms with E-state index in [0.29, 0.717) is 0 Å². The first-order valence-electron chi connectivity index (χ1n) is 6.39. The summed E-state index contributed by atoms with van der Waals surface area (Å²) < 4.78 is 0. The molecule has 96 valence electrons. The Hall–Kier alpha value is -1.03. The van der Waals surface area contributed by atoms with Crippen LogP contribution in [-0.4, -0.2) is 48.0 Å². The Bertz CT molecular complexity index is 541. The number of rotatable bonds is 2. The Morgan fingerprint density at radius 3 is 2.78 bits per heavy atom. The van der Waals surface area contributed by atoms with Gasteiger partial charge in [-0.3, -0.25) is 4.90 Å². The van der Waals surface area contributed by atoms with Crippen molar-refractivity contribution in [2.75, 3.05) is 33.2 Å². The van der Waals surface area contributed by atoms with Crippen molar-refractivity contribution in [3.63, 3.8) is 0 Å². The second-order valence-electron chi connectivity index (χ2n) is 5.06. The van der Waals surface area contributed by atoms with Crippen molar-refractivity contribution in [1.29, 1.82) is 0 Å². The number of likely N-dealkylation sites (N-methyl/N-ethyl adjacent to an activating group) is 1. The Morgan fingerprint density at radius 1 is 1.22 bits per heavy atom. The summed E-state index contributed by atoms with van der Waals surface area (Å²) in [5, 5.41) is 2.01. The number of benzene rings is 1. The monoisotopic (exact) mass is 263 g/mol. The highest BCUT2D eigenvalue weighted by atomic mass is 35.5. The molecule has 0 bridgehead atoms. The minimum absolute atomic E-state index is 0.828. The quantitative estimate of drug-likeness (QED) is 0.900. The van der Waals surface area contributed by atoms with Gasteiger partial charge in [0.25, 0.3) is 0 Å². The summed E-state index contributed by atoms with van der Waals surface area (Å²) in [4.78, 5) is 8.09. The second kappa shape index (κ2) is 4.92. The molecule has 0 unspecified atom stereocenters. The van der Waals surface area contributed by atoms with Gasteiger partial charge in [0.15, 0.2) is 0 Å². The summed E-state index contributed by atoms with van der Waals surface area (Å²) in [6.07, 6.45) is 1.87. The molecule has 0 radical (unpaired) electrons. The molecule has 1 aliphatic rings. The van der Waals surface area contributed by atoms with Gasteiger partial charge in [-0.2, -0.15) is 0 Å². The van der Waals surface area contributed by atoms with Crippen LogP contribution in [0.3, 0.4) is 0 Å². The SMILES string of the molecule is CN1CCN(Cc2cccc3[nH]cc(Cl)c23)CC1. The Kier molecular flexibility index (Phi) is 3.29. The predicted molar refractivity (Wildman–Crippen MR) is 76.1 cm³/mol. The van der Waals surface area contributed by atoms with Crippen LogP contribution in [0.4, 0.5) is 0 Å². The number of nitrogens with one attached hydrogen (secondary N) is 1. The topological polar surface area (TPSA) is 22.3 Å². The highest BCUT2D eigenvalue weighted by Gasteiger charge is 2.15. The van der Waals surface area contributed by atoms with Crippen LogP contribution in [0.1, 0.15) is 5.56 Å². The van der Waals surface area contributed by atoms with Crippen molar-refractivity contribution < 1.29 is 0 Å². The number of H-pyrrole nitrogens is 1. The summed E-state index contributed by atoms with van der Waals surface area (Å²) >= 11 is 6.26. The average molecular weight is 264 g/mol. The maximum atomic E-state index is 6.26. The van der Waals surface area contributed by atoms with E-state index in [1.807, 2.05) is 6.20 Å². The highest BCUT2D eigenvalue weighted by Crippen LogP contribution is 2.27. The van der Waals surface area contributed by atoms with E-state index in [1.54, 1.807) is 0 Å². The molecule has 0 saturated carbocycles. The van der Waals surface area contributed by atoms with Crippen molar-refractivity contribution in [3.05, 3.63) is 35.0 Å². The first-order valence-corrected chi connectivity index (χ1v) is 6.77. The molecule has 0 amide bonds. The normalized spacial score (nSPS) is 18.6. The van der Waals surface area contributed by atoms with E-state index >= 15 is 0 Å². The molecule has 2 heterocycles. The summed E-state index contributed by atoms with van der Waals surface area (Å²) in [5.41, 5.74) is 2.45. The fourth-order valence-electron chi connectivity index (χ4n) is 2.59. The molecular formula is C14H18ClN3. The summed E-state index contributed by atoms with van der Waals surface area (Å²) in [6.45, 7) is 5.56. The first-order chi connectivity index (χ1) is 8.74. The lowest BCUT2D eigenvalue weighted by Crippen LogP contribution is -2.43. The number of aromatic amines is 1. The largest absolute Gasteiger partial charge is 0.360 e. The lowest BCUT2D eigenvalue weighted by Gasteiger charge is -2.32. The van der Waals surface area contributed by atoms with Gasteiger partial charge >= 0.3 is 0 Å². The fourth-order valence-corrected chi connectivity index (χ4v) is 2.87. The zero-order valence-electron chi connectivity index (χ0n) is 10.6. The second-order valence-corrected chi connectivity index (χ2v) is 5.46. The van der Waals surface area contributed by atoms with Crippen molar-refractivity contribution in [1.82, 2.24) is 14.8 Å². The number of hydrogen-bond acceptors (Lipinski definition) is 2. The molecule has 3 rings (SSSR count). The number of hydrogen-bond donors (Lipinski definition) is 1. The van der Waals surface area contributed by atoms with E-state index in [4.69, 9.17) is 11.6 Å². The summed E-state index contributed by atoms with van der Waals surface area (Å²) in [6, 6.07) is 6.36. The maximum absolute atomic E-state index is 6.26. The van der Waals surface area contributed by atoms with E-state index in [2.05, 4.69) is 40.0 Å². The van der Waals surface area contributed by atoms with Crippen molar-refractivity contribution >= 4 is 22.5 Å².